The number of amides is 1. The Kier molecular flexibility index (Phi) is 8.56. The number of rotatable bonds is 5. The van der Waals surface area contributed by atoms with Gasteiger partial charge in [0.15, 0.2) is 0 Å². The molecular formula is C22H12Cl3F7N4O. The van der Waals surface area contributed by atoms with Crippen molar-refractivity contribution in [2.75, 3.05) is 0 Å². The molecule has 0 bridgehead atoms. The number of benzene rings is 2. The van der Waals surface area contributed by atoms with Gasteiger partial charge >= 0.3 is 12.4 Å². The van der Waals surface area contributed by atoms with Crippen LogP contribution in [0.2, 0.25) is 15.1 Å². The Morgan fingerprint density at radius 3 is 2.24 bits per heavy atom. The number of aromatic amines is 1. The molecule has 0 aliphatic heterocycles. The van der Waals surface area contributed by atoms with E-state index in [0.29, 0.717) is 6.07 Å². The van der Waals surface area contributed by atoms with Crippen LogP contribution in [0.5, 0.6) is 0 Å². The van der Waals surface area contributed by atoms with Crippen LogP contribution < -0.4 is 11.0 Å². The van der Waals surface area contributed by atoms with Gasteiger partial charge in [-0.25, -0.2) is 14.8 Å². The van der Waals surface area contributed by atoms with Crippen LogP contribution in [0.1, 0.15) is 33.0 Å². The van der Waals surface area contributed by atoms with Crippen molar-refractivity contribution in [3.05, 3.63) is 97.8 Å². The van der Waals surface area contributed by atoms with Gasteiger partial charge in [-0.15, -0.1) is 5.10 Å². The topological polar surface area (TPSA) is 70.1 Å². The maximum atomic E-state index is 14.9. The Hall–Kier alpha value is -3.09. The third-order valence-corrected chi connectivity index (χ3v) is 5.93. The molecule has 2 N–H and O–H groups in total. The molecule has 1 amide bonds. The first-order valence-electron chi connectivity index (χ1n) is 9.82. The van der Waals surface area contributed by atoms with Crippen molar-refractivity contribution >= 4 is 46.5 Å². The number of nitrogens with zero attached hydrogens (tertiary/aromatic N) is 2. The van der Waals surface area contributed by atoms with Crippen LogP contribution in [-0.4, -0.2) is 22.1 Å². The molecule has 0 saturated carbocycles. The van der Waals surface area contributed by atoms with Crippen molar-refractivity contribution < 1.29 is 35.5 Å². The Bertz CT molecular complexity index is 1380. The Labute approximate surface area is 218 Å². The molecule has 1 unspecified atom stereocenters. The van der Waals surface area contributed by atoms with Gasteiger partial charge in [-0.3, -0.25) is 4.79 Å². The van der Waals surface area contributed by atoms with E-state index in [1.165, 1.54) is 18.5 Å². The molecule has 1 atom stereocenters. The molecule has 0 aliphatic carbocycles. The van der Waals surface area contributed by atoms with E-state index in [1.54, 1.807) is 0 Å². The predicted molar refractivity (Wildman–Crippen MR) is 122 cm³/mol. The van der Waals surface area contributed by atoms with Crippen LogP contribution >= 0.6 is 34.8 Å². The number of alkyl halides is 6. The van der Waals surface area contributed by atoms with Gasteiger partial charge in [0.05, 0.1) is 26.2 Å². The molecule has 37 heavy (non-hydrogen) atoms. The summed E-state index contributed by atoms with van der Waals surface area (Å²) in [6.45, 7) is 0. The average Bonchev–Trinajstić information content (AvgIpc) is 2.83. The molecule has 5 nitrogen and oxygen atoms in total. The minimum absolute atomic E-state index is 0.0668. The van der Waals surface area contributed by atoms with Crippen LogP contribution in [0.3, 0.4) is 0 Å². The summed E-state index contributed by atoms with van der Waals surface area (Å²) in [6.07, 6.45) is -7.48. The van der Waals surface area contributed by atoms with E-state index in [1.807, 2.05) is 5.43 Å². The molecule has 0 spiro atoms. The lowest BCUT2D eigenvalue weighted by Gasteiger charge is -2.19. The van der Waals surface area contributed by atoms with Crippen LogP contribution in [0.4, 0.5) is 30.7 Å². The van der Waals surface area contributed by atoms with Crippen LogP contribution in [0, 0.1) is 0 Å². The fourth-order valence-corrected chi connectivity index (χ4v) is 3.66. The number of hydrogen-bond acceptors (Lipinski definition) is 3. The number of allylic oxidation sites excluding steroid dienone is 1. The molecule has 0 saturated heterocycles. The maximum absolute atomic E-state index is 14.9. The summed E-state index contributed by atoms with van der Waals surface area (Å²) in [5.41, 5.74) is -2.28. The number of halogens is 10. The van der Waals surface area contributed by atoms with Gasteiger partial charge in [-0.05, 0) is 42.0 Å². The van der Waals surface area contributed by atoms with Crippen LogP contribution in [-0.2, 0) is 6.18 Å². The number of carbonyl (C=O) groups is 1. The summed E-state index contributed by atoms with van der Waals surface area (Å²) in [7, 11) is 0. The van der Waals surface area contributed by atoms with E-state index >= 15 is 0 Å². The Balaban J connectivity index is 2.03. The summed E-state index contributed by atoms with van der Waals surface area (Å²) >= 11 is 17.3. The van der Waals surface area contributed by atoms with Crippen molar-refractivity contribution in [3.63, 3.8) is 0 Å². The molecule has 1 heterocycles. The third kappa shape index (κ3) is 7.02. The minimum atomic E-state index is -5.17. The summed E-state index contributed by atoms with van der Waals surface area (Å²) in [6, 6.07) is 4.66. The van der Waals surface area contributed by atoms with Crippen molar-refractivity contribution in [1.82, 2.24) is 15.4 Å². The molecule has 0 radical (unpaired) electrons. The molecular weight excluding hydrogens is 576 g/mol. The summed E-state index contributed by atoms with van der Waals surface area (Å²) in [4.78, 5) is 18.5. The lowest BCUT2D eigenvalue weighted by Crippen LogP contribution is -2.26. The van der Waals surface area contributed by atoms with Crippen molar-refractivity contribution in [2.45, 2.75) is 18.3 Å². The van der Waals surface area contributed by atoms with Crippen molar-refractivity contribution in [1.29, 1.82) is 0 Å². The van der Waals surface area contributed by atoms with E-state index in [4.69, 9.17) is 34.8 Å². The lowest BCUT2D eigenvalue weighted by molar-refractivity contribution is -0.140. The molecule has 3 rings (SSSR count). The highest BCUT2D eigenvalue weighted by Crippen LogP contribution is 2.42. The number of aromatic nitrogens is 2. The highest BCUT2D eigenvalue weighted by molar-refractivity contribution is 6.48. The fraction of sp³-hybridized carbons (Fsp3) is 0.136. The van der Waals surface area contributed by atoms with Gasteiger partial charge < -0.3 is 4.98 Å². The first-order valence-corrected chi connectivity index (χ1v) is 11.0. The summed E-state index contributed by atoms with van der Waals surface area (Å²) < 4.78 is 97.1. The molecule has 1 aromatic heterocycles. The van der Waals surface area contributed by atoms with E-state index < -0.39 is 52.3 Å². The zero-order valence-electron chi connectivity index (χ0n) is 17.9. The Morgan fingerprint density at radius 1 is 1.05 bits per heavy atom. The van der Waals surface area contributed by atoms with Gasteiger partial charge in [0, 0.05) is 18.0 Å². The standard InChI is InChI=1S/C22H12Cl3F7N4O/c23-15-7-11(8-16(24)18(15)25)13(21(27,28)29)9-17(26)10-2-3-12(14(6-10)22(30,31)32)19(37)35-36-20-33-4-1-5-34-20/h1-9,13H,(H,35,37)(H,33,34,36)/b17-9-. The third-order valence-electron chi connectivity index (χ3n) is 4.73. The number of carbonyl (C=O) groups excluding carboxylic acids is 1. The normalized spacial score (nSPS) is 14.0. The largest absolute Gasteiger partial charge is 0.417 e. The van der Waals surface area contributed by atoms with E-state index in [9.17, 15) is 35.5 Å². The maximum Gasteiger partial charge on any atom is 0.417 e. The molecule has 15 heteroatoms. The zero-order chi connectivity index (χ0) is 27.5. The molecule has 3 aromatic rings. The smallest absolute Gasteiger partial charge is 0.330 e. The van der Waals surface area contributed by atoms with Crippen LogP contribution in [0.25, 0.3) is 5.83 Å². The predicted octanol–water partition coefficient (Wildman–Crippen LogP) is 7.29. The van der Waals surface area contributed by atoms with E-state index in [-0.39, 0.29) is 32.8 Å². The SMILES string of the molecule is O=C(N/N=c1\nccc[nH]1)c1ccc(/C(F)=C/C(c2cc(Cl)c(Cl)c(Cl)c2)C(F)(F)F)cc1C(F)(F)F. The quantitative estimate of drug-likeness (QED) is 0.187. The highest BCUT2D eigenvalue weighted by atomic mass is 35.5. The summed E-state index contributed by atoms with van der Waals surface area (Å²) in [5, 5.41) is 2.61. The zero-order valence-corrected chi connectivity index (χ0v) is 20.1. The lowest BCUT2D eigenvalue weighted by atomic mass is 9.95. The average molecular weight is 588 g/mol. The second-order valence-electron chi connectivity index (χ2n) is 7.25. The van der Waals surface area contributed by atoms with Gasteiger partial charge in [-0.2, -0.15) is 26.3 Å². The monoisotopic (exact) mass is 586 g/mol. The van der Waals surface area contributed by atoms with Gasteiger partial charge in [0.25, 0.3) is 5.91 Å². The van der Waals surface area contributed by atoms with Gasteiger partial charge in [-0.1, -0.05) is 40.9 Å². The van der Waals surface area contributed by atoms with Crippen LogP contribution in [0.15, 0.2) is 60.0 Å². The van der Waals surface area contributed by atoms with Crippen molar-refractivity contribution in [3.8, 4) is 0 Å². The van der Waals surface area contributed by atoms with E-state index in [0.717, 1.165) is 18.2 Å². The Morgan fingerprint density at radius 2 is 1.70 bits per heavy atom. The first kappa shape index (κ1) is 28.5. The minimum Gasteiger partial charge on any atom is -0.330 e. The molecule has 0 fully saturated rings. The van der Waals surface area contributed by atoms with Crippen molar-refractivity contribution in [2.24, 2.45) is 5.10 Å². The number of H-pyrrole nitrogens is 1. The number of hydrogen-bond donors (Lipinski definition) is 2. The first-order chi connectivity index (χ1) is 17.2. The molecule has 0 aliphatic rings. The van der Waals surface area contributed by atoms with Gasteiger partial charge in [0.1, 0.15) is 11.7 Å². The van der Waals surface area contributed by atoms with E-state index in [2.05, 4.69) is 15.1 Å². The highest BCUT2D eigenvalue weighted by Gasteiger charge is 2.41. The molecule has 196 valence electrons. The second kappa shape index (κ2) is 11.1. The summed E-state index contributed by atoms with van der Waals surface area (Å²) in [5.74, 6) is -5.60. The molecule has 2 aromatic carbocycles. The number of nitrogens with one attached hydrogen (secondary N) is 2. The van der Waals surface area contributed by atoms with Gasteiger partial charge in [0.2, 0.25) is 5.62 Å². The second-order valence-corrected chi connectivity index (χ2v) is 8.44. The fourth-order valence-electron chi connectivity index (χ4n) is 3.04.